The fraction of sp³-hybridized carbons (Fsp3) is 0.237. The molecule has 0 spiro atoms. The molecule has 234 valence electrons. The van der Waals surface area contributed by atoms with Crippen LogP contribution in [0.5, 0.6) is 0 Å². The monoisotopic (exact) mass is 614 g/mol. The van der Waals surface area contributed by atoms with Crippen LogP contribution in [0.1, 0.15) is 47.8 Å². The van der Waals surface area contributed by atoms with Gasteiger partial charge in [0.05, 0.1) is 24.8 Å². The van der Waals surface area contributed by atoms with Gasteiger partial charge in [-0.15, -0.1) is 0 Å². The van der Waals surface area contributed by atoms with Gasteiger partial charge in [-0.1, -0.05) is 78.9 Å². The van der Waals surface area contributed by atoms with Crippen LogP contribution in [0.2, 0.25) is 0 Å². The zero-order valence-corrected chi connectivity index (χ0v) is 26.5. The number of anilines is 1. The van der Waals surface area contributed by atoms with Gasteiger partial charge in [-0.05, 0) is 79.6 Å². The van der Waals surface area contributed by atoms with Crippen molar-refractivity contribution in [3.63, 3.8) is 0 Å². The molecule has 0 bridgehead atoms. The number of nitriles is 1. The molecule has 3 N–H and O–H groups in total. The summed E-state index contributed by atoms with van der Waals surface area (Å²) < 4.78 is 10.7. The summed E-state index contributed by atoms with van der Waals surface area (Å²) in [6, 6.07) is 32.4. The lowest BCUT2D eigenvalue weighted by Gasteiger charge is -2.27. The Balaban J connectivity index is 1.45. The molecule has 0 aliphatic carbocycles. The highest BCUT2D eigenvalue weighted by atomic mass is 16.6. The van der Waals surface area contributed by atoms with Gasteiger partial charge < -0.3 is 25.1 Å². The molecular weight excluding hydrogens is 576 g/mol. The maximum absolute atomic E-state index is 13.1. The van der Waals surface area contributed by atoms with E-state index in [0.29, 0.717) is 12.1 Å². The van der Waals surface area contributed by atoms with Crippen molar-refractivity contribution < 1.29 is 19.1 Å². The van der Waals surface area contributed by atoms with Crippen LogP contribution in [0.3, 0.4) is 0 Å². The van der Waals surface area contributed by atoms with Crippen LogP contribution in [-0.4, -0.2) is 41.8 Å². The second-order valence-corrected chi connectivity index (χ2v) is 12.2. The number of para-hydroxylation sites is 1. The van der Waals surface area contributed by atoms with Crippen LogP contribution < -0.4 is 10.6 Å². The number of carbonyl (C=O) groups is 2. The van der Waals surface area contributed by atoms with Crippen molar-refractivity contribution in [3.8, 4) is 17.2 Å². The summed E-state index contributed by atoms with van der Waals surface area (Å²) in [6.45, 7) is 5.34. The molecule has 4 aromatic carbocycles. The fourth-order valence-corrected chi connectivity index (χ4v) is 5.46. The minimum absolute atomic E-state index is 0.275. The summed E-state index contributed by atoms with van der Waals surface area (Å²) >= 11 is 0. The number of methoxy groups -OCH3 is 1. The first-order valence-electron chi connectivity index (χ1n) is 15.2. The third kappa shape index (κ3) is 7.93. The smallest absolute Gasteiger partial charge is 0.407 e. The predicted molar refractivity (Wildman–Crippen MR) is 181 cm³/mol. The van der Waals surface area contributed by atoms with E-state index in [1.807, 2.05) is 66.9 Å². The van der Waals surface area contributed by atoms with E-state index in [9.17, 15) is 14.9 Å². The van der Waals surface area contributed by atoms with Gasteiger partial charge >= 0.3 is 12.1 Å². The molecule has 0 fully saturated rings. The lowest BCUT2D eigenvalue weighted by Crippen LogP contribution is -2.49. The molecule has 0 saturated heterocycles. The molecule has 0 saturated carbocycles. The number of H-pyrrole nitrogens is 1. The summed E-state index contributed by atoms with van der Waals surface area (Å²) in [5, 5.41) is 17.5. The number of fused-ring (bicyclic) bond motifs is 1. The molecule has 46 heavy (non-hydrogen) atoms. The molecule has 8 nitrogen and oxygen atoms in total. The van der Waals surface area contributed by atoms with Crippen molar-refractivity contribution in [1.82, 2.24) is 10.3 Å². The molecule has 0 aliphatic heterocycles. The third-order valence-corrected chi connectivity index (χ3v) is 7.61. The number of aromatic nitrogens is 1. The molecular formula is C38H38N4O4. The molecule has 8 heteroatoms. The normalized spacial score (nSPS) is 12.5. The molecule has 1 amide bonds. The average Bonchev–Trinajstić information content (AvgIpc) is 3.45. The molecule has 1 unspecified atom stereocenters. The van der Waals surface area contributed by atoms with Crippen molar-refractivity contribution in [2.75, 3.05) is 12.4 Å². The Labute approximate surface area is 269 Å². The second-order valence-electron chi connectivity index (χ2n) is 12.2. The standard InChI is InChI=1S/C38H38N4O4/c1-38(2,3)46-37(44)42-34(22-29-24-40-32-16-9-8-15-30(29)32)35(23-39)41-33-18-17-28(21-31(33)36(43)45-4)27-14-10-13-26(20-27)19-25-11-6-5-7-12-25/h5-18,20-21,24,34-35,40-41H,19,22H2,1-4H3,(H,42,44)/t34-,35?/m0/s1. The number of rotatable bonds is 10. The Morgan fingerprint density at radius 2 is 1.61 bits per heavy atom. The maximum atomic E-state index is 13.1. The molecule has 5 aromatic rings. The van der Waals surface area contributed by atoms with Crippen LogP contribution in [0, 0.1) is 11.3 Å². The van der Waals surface area contributed by atoms with E-state index in [0.717, 1.165) is 39.6 Å². The lowest BCUT2D eigenvalue weighted by atomic mass is 9.96. The molecule has 0 aliphatic rings. The van der Waals surface area contributed by atoms with Gasteiger partial charge in [0.1, 0.15) is 11.6 Å². The van der Waals surface area contributed by atoms with Crippen LogP contribution in [0.15, 0.2) is 103 Å². The summed E-state index contributed by atoms with van der Waals surface area (Å²) in [6.07, 6.45) is 2.35. The number of hydrogen-bond donors (Lipinski definition) is 3. The number of carbonyl (C=O) groups excluding carboxylic acids is 2. The van der Waals surface area contributed by atoms with Crippen molar-refractivity contribution in [2.45, 2.75) is 51.3 Å². The molecule has 1 heterocycles. The number of amides is 1. The number of alkyl carbamates (subject to hydrolysis) is 1. The molecule has 1 aromatic heterocycles. The third-order valence-electron chi connectivity index (χ3n) is 7.61. The Hall–Kier alpha value is -5.55. The van der Waals surface area contributed by atoms with Gasteiger partial charge in [-0.3, -0.25) is 0 Å². The van der Waals surface area contributed by atoms with Crippen LogP contribution in [-0.2, 0) is 22.3 Å². The first-order chi connectivity index (χ1) is 22.1. The highest BCUT2D eigenvalue weighted by Gasteiger charge is 2.28. The van der Waals surface area contributed by atoms with E-state index in [4.69, 9.17) is 9.47 Å². The van der Waals surface area contributed by atoms with E-state index in [1.165, 1.54) is 12.7 Å². The number of nitrogens with zero attached hydrogens (tertiary/aromatic N) is 1. The van der Waals surface area contributed by atoms with E-state index in [-0.39, 0.29) is 5.56 Å². The largest absolute Gasteiger partial charge is 0.465 e. The van der Waals surface area contributed by atoms with E-state index >= 15 is 0 Å². The van der Waals surface area contributed by atoms with Gasteiger partial charge in [0.25, 0.3) is 0 Å². The number of hydrogen-bond acceptors (Lipinski definition) is 6. The number of nitrogens with one attached hydrogen (secondary N) is 3. The lowest BCUT2D eigenvalue weighted by molar-refractivity contribution is 0.0501. The second kappa shape index (κ2) is 14.0. The van der Waals surface area contributed by atoms with Gasteiger partial charge in [0.2, 0.25) is 0 Å². The quantitative estimate of drug-likeness (QED) is 0.139. The Kier molecular flexibility index (Phi) is 9.73. The van der Waals surface area contributed by atoms with E-state index < -0.39 is 29.7 Å². The zero-order chi connectivity index (χ0) is 32.7. The molecule has 2 atom stereocenters. The SMILES string of the molecule is COC(=O)c1cc(-c2cccc(Cc3ccccc3)c2)ccc1NC(C#N)[C@H](Cc1c[nH]c2ccccc12)NC(=O)OC(C)(C)C. The van der Waals surface area contributed by atoms with E-state index in [2.05, 4.69) is 46.0 Å². The van der Waals surface area contributed by atoms with Gasteiger partial charge in [0, 0.05) is 22.8 Å². The van der Waals surface area contributed by atoms with Crippen molar-refractivity contribution in [1.29, 1.82) is 5.26 Å². The first-order valence-corrected chi connectivity index (χ1v) is 15.2. The van der Waals surface area contributed by atoms with Gasteiger partial charge in [-0.2, -0.15) is 5.26 Å². The Morgan fingerprint density at radius 3 is 2.35 bits per heavy atom. The van der Waals surface area contributed by atoms with Crippen LogP contribution in [0.4, 0.5) is 10.5 Å². The summed E-state index contributed by atoms with van der Waals surface area (Å²) in [4.78, 5) is 29.3. The van der Waals surface area contributed by atoms with Crippen molar-refractivity contribution >= 4 is 28.7 Å². The fourth-order valence-electron chi connectivity index (χ4n) is 5.46. The summed E-state index contributed by atoms with van der Waals surface area (Å²) in [7, 11) is 1.32. The van der Waals surface area contributed by atoms with Crippen molar-refractivity contribution in [3.05, 3.63) is 126 Å². The summed E-state index contributed by atoms with van der Waals surface area (Å²) in [5.74, 6) is -0.547. The number of aromatic amines is 1. The minimum Gasteiger partial charge on any atom is -0.465 e. The number of benzene rings is 4. The molecule has 0 radical (unpaired) electrons. The maximum Gasteiger partial charge on any atom is 0.407 e. The minimum atomic E-state index is -0.926. The first kappa shape index (κ1) is 31.9. The Bertz CT molecular complexity index is 1870. The predicted octanol–water partition coefficient (Wildman–Crippen LogP) is 7.65. The topological polar surface area (TPSA) is 116 Å². The summed E-state index contributed by atoms with van der Waals surface area (Å²) in [5.41, 5.74) is 5.97. The zero-order valence-electron chi connectivity index (χ0n) is 26.5. The number of esters is 1. The highest BCUT2D eigenvalue weighted by molar-refractivity contribution is 5.97. The Morgan fingerprint density at radius 1 is 0.891 bits per heavy atom. The molecule has 5 rings (SSSR count). The van der Waals surface area contributed by atoms with Gasteiger partial charge in [0.15, 0.2) is 0 Å². The highest BCUT2D eigenvalue weighted by Crippen LogP contribution is 2.29. The van der Waals surface area contributed by atoms with Crippen molar-refractivity contribution in [2.24, 2.45) is 0 Å². The van der Waals surface area contributed by atoms with E-state index in [1.54, 1.807) is 32.9 Å². The van der Waals surface area contributed by atoms with Gasteiger partial charge in [-0.25, -0.2) is 9.59 Å². The average molecular weight is 615 g/mol. The van der Waals surface area contributed by atoms with Crippen LogP contribution in [0.25, 0.3) is 22.0 Å². The number of ether oxygens (including phenoxy) is 2. The van der Waals surface area contributed by atoms with Crippen LogP contribution >= 0.6 is 0 Å².